The van der Waals surface area contributed by atoms with Gasteiger partial charge < -0.3 is 0 Å². The first-order chi connectivity index (χ1) is 10.2. The molecule has 0 N–H and O–H groups in total. The van der Waals surface area contributed by atoms with Crippen LogP contribution in [-0.2, 0) is 5.54 Å². The highest BCUT2D eigenvalue weighted by atomic mass is 32.2. The monoisotopic (exact) mass is 318 g/mol. The summed E-state index contributed by atoms with van der Waals surface area (Å²) < 4.78 is 1.75. The first kappa shape index (κ1) is 16.7. The van der Waals surface area contributed by atoms with Gasteiger partial charge in [0.1, 0.15) is 0 Å². The van der Waals surface area contributed by atoms with Crippen LogP contribution in [0.2, 0.25) is 0 Å². The van der Waals surface area contributed by atoms with Crippen LogP contribution in [-0.4, -0.2) is 31.2 Å². The molecule has 0 unspecified atom stereocenters. The quantitative estimate of drug-likeness (QED) is 0.638. The molecule has 0 bridgehead atoms. The highest BCUT2D eigenvalue weighted by Crippen LogP contribution is 2.27. The zero-order chi connectivity index (χ0) is 16.5. The van der Waals surface area contributed by atoms with E-state index in [0.717, 1.165) is 16.7 Å². The fraction of sp³-hybridized carbons (Fsp3) is 0.500. The van der Waals surface area contributed by atoms with Crippen LogP contribution in [0.4, 0.5) is 0 Å². The molecule has 0 fully saturated rings. The van der Waals surface area contributed by atoms with Crippen molar-refractivity contribution in [1.82, 2.24) is 20.2 Å². The van der Waals surface area contributed by atoms with E-state index in [9.17, 15) is 4.79 Å². The van der Waals surface area contributed by atoms with Crippen LogP contribution >= 0.6 is 11.8 Å². The highest BCUT2D eigenvalue weighted by Gasteiger charge is 2.25. The van der Waals surface area contributed by atoms with Gasteiger partial charge >= 0.3 is 0 Å². The molecule has 0 saturated heterocycles. The predicted octanol–water partition coefficient (Wildman–Crippen LogP) is 3.41. The minimum atomic E-state index is -0.243. The van der Waals surface area contributed by atoms with Crippen molar-refractivity contribution in [3.63, 3.8) is 0 Å². The van der Waals surface area contributed by atoms with Crippen molar-refractivity contribution in [1.29, 1.82) is 0 Å². The van der Waals surface area contributed by atoms with Crippen molar-refractivity contribution in [2.75, 3.05) is 0 Å². The molecule has 22 heavy (non-hydrogen) atoms. The summed E-state index contributed by atoms with van der Waals surface area (Å²) >= 11 is 1.40. The Morgan fingerprint density at radius 1 is 1.27 bits per heavy atom. The number of carbonyl (C=O) groups excluding carboxylic acids is 1. The van der Waals surface area contributed by atoms with Gasteiger partial charge in [-0.25, -0.2) is 4.68 Å². The van der Waals surface area contributed by atoms with Crippen molar-refractivity contribution in [3.8, 4) is 0 Å². The van der Waals surface area contributed by atoms with Crippen LogP contribution in [0.5, 0.6) is 0 Å². The van der Waals surface area contributed by atoms with E-state index in [0.29, 0.717) is 5.16 Å². The zero-order valence-corrected chi connectivity index (χ0v) is 14.7. The fourth-order valence-electron chi connectivity index (χ4n) is 2.11. The second-order valence-corrected chi connectivity index (χ2v) is 7.79. The molecule has 1 aromatic heterocycles. The Morgan fingerprint density at radius 2 is 1.95 bits per heavy atom. The van der Waals surface area contributed by atoms with E-state index in [1.54, 1.807) is 4.68 Å². The number of thioether (sulfide) groups is 1. The van der Waals surface area contributed by atoms with Gasteiger partial charge in [-0.1, -0.05) is 29.5 Å². The van der Waals surface area contributed by atoms with Gasteiger partial charge in [0.05, 0.1) is 10.8 Å². The maximum atomic E-state index is 12.7. The SMILES string of the molecule is Cc1ccc(C)c(C(=O)[C@@H](C)Sc2nnnn2C(C)(C)C)c1. The molecular weight excluding hydrogens is 296 g/mol. The molecule has 6 heteroatoms. The molecular formula is C16H22N4OS. The number of tetrazole rings is 1. The normalized spacial score (nSPS) is 13.2. The topological polar surface area (TPSA) is 60.7 Å². The number of hydrogen-bond donors (Lipinski definition) is 0. The summed E-state index contributed by atoms with van der Waals surface area (Å²) in [6.45, 7) is 12.0. The number of aromatic nitrogens is 4. The highest BCUT2D eigenvalue weighted by molar-refractivity contribution is 8.00. The molecule has 2 rings (SSSR count). The Labute approximate surface area is 135 Å². The van der Waals surface area contributed by atoms with Gasteiger partial charge in [0.2, 0.25) is 5.16 Å². The molecule has 0 aliphatic heterocycles. The molecule has 1 heterocycles. The van der Waals surface area contributed by atoms with Crippen LogP contribution in [0.3, 0.4) is 0 Å². The smallest absolute Gasteiger partial charge is 0.210 e. The Bertz CT molecular complexity index is 688. The van der Waals surface area contributed by atoms with Gasteiger partial charge in [0, 0.05) is 5.56 Å². The lowest BCUT2D eigenvalue weighted by Gasteiger charge is -2.20. The third kappa shape index (κ3) is 3.55. The van der Waals surface area contributed by atoms with Crippen molar-refractivity contribution < 1.29 is 4.79 Å². The Balaban J connectivity index is 2.23. The largest absolute Gasteiger partial charge is 0.293 e. The third-order valence-electron chi connectivity index (χ3n) is 3.39. The minimum absolute atomic E-state index is 0.106. The fourth-order valence-corrected chi connectivity index (χ4v) is 3.15. The summed E-state index contributed by atoms with van der Waals surface area (Å²) in [5, 5.41) is 12.2. The lowest BCUT2D eigenvalue weighted by Crippen LogP contribution is -2.25. The number of hydrogen-bond acceptors (Lipinski definition) is 5. The van der Waals surface area contributed by atoms with Gasteiger partial charge in [0.25, 0.3) is 0 Å². The lowest BCUT2D eigenvalue weighted by molar-refractivity contribution is 0.0993. The number of rotatable bonds is 4. The number of Topliss-reactive ketones (excluding diaryl/α,β-unsaturated/α-hetero) is 1. The number of ketones is 1. The maximum Gasteiger partial charge on any atom is 0.210 e. The van der Waals surface area contributed by atoms with Crippen molar-refractivity contribution in [3.05, 3.63) is 34.9 Å². The summed E-state index contributed by atoms with van der Waals surface area (Å²) in [6, 6.07) is 5.95. The molecule has 1 atom stereocenters. The van der Waals surface area contributed by atoms with Crippen molar-refractivity contribution >= 4 is 17.5 Å². The predicted molar refractivity (Wildman–Crippen MR) is 88.4 cm³/mol. The van der Waals surface area contributed by atoms with E-state index in [4.69, 9.17) is 0 Å². The van der Waals surface area contributed by atoms with E-state index in [-0.39, 0.29) is 16.6 Å². The first-order valence-electron chi connectivity index (χ1n) is 7.27. The molecule has 0 radical (unpaired) electrons. The molecule has 5 nitrogen and oxygen atoms in total. The average molecular weight is 318 g/mol. The van der Waals surface area contributed by atoms with Crippen LogP contribution in [0.1, 0.15) is 49.2 Å². The lowest BCUT2D eigenvalue weighted by atomic mass is 10.0. The van der Waals surface area contributed by atoms with Gasteiger partial charge in [0.15, 0.2) is 5.78 Å². The van der Waals surface area contributed by atoms with E-state index >= 15 is 0 Å². The van der Waals surface area contributed by atoms with E-state index in [2.05, 4.69) is 15.5 Å². The van der Waals surface area contributed by atoms with E-state index in [1.807, 2.05) is 59.7 Å². The van der Waals surface area contributed by atoms with Crippen molar-refractivity contribution in [2.24, 2.45) is 0 Å². The summed E-state index contributed by atoms with van der Waals surface area (Å²) in [7, 11) is 0. The summed E-state index contributed by atoms with van der Waals surface area (Å²) in [6.07, 6.45) is 0. The second-order valence-electron chi connectivity index (χ2n) is 6.49. The molecule has 2 aromatic rings. The minimum Gasteiger partial charge on any atom is -0.293 e. The molecule has 118 valence electrons. The number of aryl methyl sites for hydroxylation is 2. The van der Waals surface area contributed by atoms with Gasteiger partial charge in [-0.05, 0) is 63.6 Å². The van der Waals surface area contributed by atoms with Crippen LogP contribution in [0.15, 0.2) is 23.4 Å². The third-order valence-corrected chi connectivity index (χ3v) is 4.42. The van der Waals surface area contributed by atoms with Gasteiger partial charge in [-0.2, -0.15) is 0 Å². The number of benzene rings is 1. The molecule has 0 spiro atoms. The van der Waals surface area contributed by atoms with Gasteiger partial charge in [-0.3, -0.25) is 4.79 Å². The first-order valence-corrected chi connectivity index (χ1v) is 8.15. The summed E-state index contributed by atoms with van der Waals surface area (Å²) in [5.74, 6) is 0.106. The summed E-state index contributed by atoms with van der Waals surface area (Å²) in [5.41, 5.74) is 2.65. The molecule has 0 aliphatic carbocycles. The second kappa shape index (κ2) is 6.20. The molecule has 1 aromatic carbocycles. The standard InChI is InChI=1S/C16H22N4OS/c1-10-7-8-11(2)13(9-10)14(21)12(3)22-15-17-18-19-20(15)16(4,5)6/h7-9,12H,1-6H3/t12-/m1/s1. The van der Waals surface area contributed by atoms with Crippen LogP contribution < -0.4 is 0 Å². The Hall–Kier alpha value is -1.69. The maximum absolute atomic E-state index is 12.7. The van der Waals surface area contributed by atoms with Crippen LogP contribution in [0, 0.1) is 13.8 Å². The Morgan fingerprint density at radius 3 is 2.59 bits per heavy atom. The van der Waals surface area contributed by atoms with E-state index < -0.39 is 0 Å². The van der Waals surface area contributed by atoms with Crippen LogP contribution in [0.25, 0.3) is 0 Å². The number of carbonyl (C=O) groups is 1. The average Bonchev–Trinajstić information content (AvgIpc) is 2.88. The number of nitrogens with zero attached hydrogens (tertiary/aromatic N) is 4. The molecule has 0 amide bonds. The van der Waals surface area contributed by atoms with Crippen molar-refractivity contribution in [2.45, 2.75) is 57.5 Å². The molecule has 0 saturated carbocycles. The van der Waals surface area contributed by atoms with E-state index in [1.165, 1.54) is 11.8 Å². The molecule has 0 aliphatic rings. The van der Waals surface area contributed by atoms with Gasteiger partial charge in [-0.15, -0.1) is 5.10 Å². The Kier molecular flexibility index (Phi) is 4.70. The zero-order valence-electron chi connectivity index (χ0n) is 13.9. The summed E-state index contributed by atoms with van der Waals surface area (Å²) in [4.78, 5) is 12.7.